The lowest BCUT2D eigenvalue weighted by atomic mass is 10.1. The van der Waals surface area contributed by atoms with Crippen LogP contribution in [0.5, 0.6) is 0 Å². The SMILES string of the molecule is O=C(O)C(CO)NC(=O)N1CCOC2CCCC21. The molecule has 0 radical (unpaired) electrons. The van der Waals surface area contributed by atoms with Gasteiger partial charge in [0.05, 0.1) is 25.4 Å². The summed E-state index contributed by atoms with van der Waals surface area (Å²) in [5, 5.41) is 20.0. The van der Waals surface area contributed by atoms with Crippen molar-refractivity contribution in [3.05, 3.63) is 0 Å². The third-order valence-electron chi connectivity index (χ3n) is 3.52. The number of carbonyl (C=O) groups is 2. The van der Waals surface area contributed by atoms with E-state index in [1.165, 1.54) is 0 Å². The number of nitrogens with zero attached hydrogens (tertiary/aromatic N) is 1. The van der Waals surface area contributed by atoms with Gasteiger partial charge >= 0.3 is 12.0 Å². The number of aliphatic hydroxyl groups excluding tert-OH is 1. The number of rotatable bonds is 3. The molecule has 2 amide bonds. The van der Waals surface area contributed by atoms with Gasteiger partial charge in [0.1, 0.15) is 0 Å². The van der Waals surface area contributed by atoms with Crippen molar-refractivity contribution in [1.29, 1.82) is 0 Å². The maximum Gasteiger partial charge on any atom is 0.328 e. The first kappa shape index (κ1) is 13.1. The highest BCUT2D eigenvalue weighted by Crippen LogP contribution is 2.29. The maximum absolute atomic E-state index is 12.0. The lowest BCUT2D eigenvalue weighted by molar-refractivity contribution is -0.140. The molecular formula is C11H18N2O5. The molecule has 0 spiro atoms. The number of aliphatic carboxylic acids is 1. The first-order chi connectivity index (χ1) is 8.63. The zero-order chi connectivity index (χ0) is 13.1. The molecule has 2 rings (SSSR count). The summed E-state index contributed by atoms with van der Waals surface area (Å²) in [5.41, 5.74) is 0. The van der Waals surface area contributed by atoms with Gasteiger partial charge in [0.15, 0.2) is 6.04 Å². The van der Waals surface area contributed by atoms with Crippen molar-refractivity contribution in [3.63, 3.8) is 0 Å². The molecule has 18 heavy (non-hydrogen) atoms. The number of carbonyl (C=O) groups excluding carboxylic acids is 1. The molecule has 0 aromatic rings. The minimum Gasteiger partial charge on any atom is -0.480 e. The molecule has 0 aromatic heterocycles. The van der Waals surface area contributed by atoms with Crippen LogP contribution in [0.2, 0.25) is 0 Å². The summed E-state index contributed by atoms with van der Waals surface area (Å²) >= 11 is 0. The van der Waals surface area contributed by atoms with Gasteiger partial charge in [-0.25, -0.2) is 9.59 Å². The Morgan fingerprint density at radius 2 is 2.22 bits per heavy atom. The highest BCUT2D eigenvalue weighted by Gasteiger charge is 2.39. The van der Waals surface area contributed by atoms with Crippen LogP contribution in [0.4, 0.5) is 4.79 Å². The fourth-order valence-electron chi connectivity index (χ4n) is 2.60. The van der Waals surface area contributed by atoms with Crippen LogP contribution in [-0.4, -0.2) is 65.1 Å². The van der Waals surface area contributed by atoms with E-state index in [4.69, 9.17) is 14.9 Å². The number of fused-ring (bicyclic) bond motifs is 1. The Balaban J connectivity index is 1.97. The molecule has 2 fully saturated rings. The van der Waals surface area contributed by atoms with Gasteiger partial charge in [-0.2, -0.15) is 0 Å². The number of amides is 2. The van der Waals surface area contributed by atoms with Crippen molar-refractivity contribution in [2.24, 2.45) is 0 Å². The van der Waals surface area contributed by atoms with E-state index in [2.05, 4.69) is 5.32 Å². The number of hydrogen-bond donors (Lipinski definition) is 3. The molecule has 2 aliphatic rings. The molecule has 1 aliphatic carbocycles. The van der Waals surface area contributed by atoms with Crippen molar-refractivity contribution < 1.29 is 24.5 Å². The van der Waals surface area contributed by atoms with Crippen LogP contribution in [0.15, 0.2) is 0 Å². The Morgan fingerprint density at radius 1 is 1.44 bits per heavy atom. The summed E-state index contributed by atoms with van der Waals surface area (Å²) in [6, 6.07) is -1.65. The number of aliphatic hydroxyl groups is 1. The molecule has 3 unspecified atom stereocenters. The van der Waals surface area contributed by atoms with E-state index in [0.29, 0.717) is 13.2 Å². The summed E-state index contributed by atoms with van der Waals surface area (Å²) < 4.78 is 5.57. The van der Waals surface area contributed by atoms with Gasteiger partial charge in [0.2, 0.25) is 0 Å². The zero-order valence-corrected chi connectivity index (χ0v) is 10.0. The minimum absolute atomic E-state index is 0.0342. The van der Waals surface area contributed by atoms with E-state index in [-0.39, 0.29) is 12.1 Å². The number of nitrogens with one attached hydrogen (secondary N) is 1. The normalized spacial score (nSPS) is 28.6. The Bertz CT molecular complexity index is 335. The van der Waals surface area contributed by atoms with Crippen LogP contribution < -0.4 is 5.32 Å². The largest absolute Gasteiger partial charge is 0.480 e. The van der Waals surface area contributed by atoms with Crippen LogP contribution in [-0.2, 0) is 9.53 Å². The summed E-state index contributed by atoms with van der Waals surface area (Å²) in [5.74, 6) is -1.23. The van der Waals surface area contributed by atoms with Crippen LogP contribution in [0.25, 0.3) is 0 Å². The fourth-order valence-corrected chi connectivity index (χ4v) is 2.60. The fraction of sp³-hybridized carbons (Fsp3) is 0.818. The molecule has 3 atom stereocenters. The first-order valence-corrected chi connectivity index (χ1v) is 6.16. The quantitative estimate of drug-likeness (QED) is 0.627. The lowest BCUT2D eigenvalue weighted by Gasteiger charge is -2.38. The third-order valence-corrected chi connectivity index (χ3v) is 3.52. The number of urea groups is 1. The van der Waals surface area contributed by atoms with E-state index in [9.17, 15) is 9.59 Å². The molecule has 1 saturated heterocycles. The average molecular weight is 258 g/mol. The summed E-state index contributed by atoms with van der Waals surface area (Å²) in [7, 11) is 0. The van der Waals surface area contributed by atoms with Gasteiger partial charge in [0.25, 0.3) is 0 Å². The van der Waals surface area contributed by atoms with Crippen LogP contribution in [0.1, 0.15) is 19.3 Å². The van der Waals surface area contributed by atoms with Crippen molar-refractivity contribution in [1.82, 2.24) is 10.2 Å². The van der Waals surface area contributed by atoms with E-state index in [1.807, 2.05) is 0 Å². The Kier molecular flexibility index (Phi) is 4.03. The zero-order valence-electron chi connectivity index (χ0n) is 10.0. The predicted molar refractivity (Wildman–Crippen MR) is 61.1 cm³/mol. The average Bonchev–Trinajstić information content (AvgIpc) is 2.82. The summed E-state index contributed by atoms with van der Waals surface area (Å²) in [6.45, 7) is 0.329. The molecule has 1 aliphatic heterocycles. The number of ether oxygens (including phenoxy) is 1. The number of carboxylic acids is 1. The molecular weight excluding hydrogens is 240 g/mol. The van der Waals surface area contributed by atoms with E-state index in [1.54, 1.807) is 4.90 Å². The van der Waals surface area contributed by atoms with Gasteiger partial charge < -0.3 is 25.2 Å². The second-order valence-electron chi connectivity index (χ2n) is 4.62. The second-order valence-corrected chi connectivity index (χ2v) is 4.62. The highest BCUT2D eigenvalue weighted by atomic mass is 16.5. The third kappa shape index (κ3) is 2.56. The smallest absolute Gasteiger partial charge is 0.328 e. The first-order valence-electron chi connectivity index (χ1n) is 6.16. The number of hydrogen-bond acceptors (Lipinski definition) is 4. The monoisotopic (exact) mass is 258 g/mol. The number of carboxylic acid groups (broad SMARTS) is 1. The van der Waals surface area contributed by atoms with Crippen LogP contribution >= 0.6 is 0 Å². The second kappa shape index (κ2) is 5.53. The predicted octanol–water partition coefficient (Wildman–Crippen LogP) is -0.605. The maximum atomic E-state index is 12.0. The van der Waals surface area contributed by atoms with Crippen molar-refractivity contribution in [2.45, 2.75) is 37.5 Å². The van der Waals surface area contributed by atoms with Crippen molar-refractivity contribution in [2.75, 3.05) is 19.8 Å². The Labute approximate surface area is 105 Å². The molecule has 3 N–H and O–H groups in total. The molecule has 0 aromatic carbocycles. The minimum atomic E-state index is -1.25. The van der Waals surface area contributed by atoms with Gasteiger partial charge in [-0.3, -0.25) is 0 Å². The Morgan fingerprint density at radius 3 is 2.89 bits per heavy atom. The molecule has 0 bridgehead atoms. The molecule has 1 heterocycles. The lowest BCUT2D eigenvalue weighted by Crippen LogP contribution is -2.57. The van der Waals surface area contributed by atoms with Gasteiger partial charge in [-0.05, 0) is 19.3 Å². The van der Waals surface area contributed by atoms with Gasteiger partial charge in [0, 0.05) is 6.54 Å². The van der Waals surface area contributed by atoms with E-state index >= 15 is 0 Å². The standard InChI is InChI=1S/C11H18N2O5/c14-6-7(10(15)16)12-11(17)13-4-5-18-9-3-1-2-8(9)13/h7-9,14H,1-6H2,(H,12,17)(H,15,16). The van der Waals surface area contributed by atoms with Crippen LogP contribution in [0.3, 0.4) is 0 Å². The van der Waals surface area contributed by atoms with Crippen LogP contribution in [0, 0.1) is 0 Å². The highest BCUT2D eigenvalue weighted by molar-refractivity contribution is 5.82. The molecule has 102 valence electrons. The molecule has 1 saturated carbocycles. The molecule has 7 heteroatoms. The summed E-state index contributed by atoms with van der Waals surface area (Å²) in [6.07, 6.45) is 2.91. The summed E-state index contributed by atoms with van der Waals surface area (Å²) in [4.78, 5) is 24.4. The van der Waals surface area contributed by atoms with Gasteiger partial charge in [-0.1, -0.05) is 0 Å². The van der Waals surface area contributed by atoms with E-state index < -0.39 is 24.6 Å². The number of morpholine rings is 1. The van der Waals surface area contributed by atoms with Gasteiger partial charge in [-0.15, -0.1) is 0 Å². The van der Waals surface area contributed by atoms with E-state index in [0.717, 1.165) is 19.3 Å². The van der Waals surface area contributed by atoms with Crippen molar-refractivity contribution >= 4 is 12.0 Å². The van der Waals surface area contributed by atoms with Crippen molar-refractivity contribution in [3.8, 4) is 0 Å². The topological polar surface area (TPSA) is 99.1 Å². The molecule has 7 nitrogen and oxygen atoms in total. The Hall–Kier alpha value is -1.34.